The Hall–Kier alpha value is 2.12. The second-order valence-corrected chi connectivity index (χ2v) is 24.2. The Labute approximate surface area is 280 Å². The molecule has 0 unspecified atom stereocenters. The number of ether oxygens (including phenoxy) is 8. The summed E-state index contributed by atoms with van der Waals surface area (Å²) >= 11 is 0. The molecule has 0 aromatic carbocycles. The molecule has 8 nitrogen and oxygen atoms in total. The first-order valence-electron chi connectivity index (χ1n) is 13.2. The Morgan fingerprint density at radius 2 is 0.553 bits per heavy atom. The van der Waals surface area contributed by atoms with Crippen LogP contribution in [-0.2, 0) is 37.9 Å². The average Bonchev–Trinajstić information content (AvgIpc) is 2.72. The molecule has 0 spiro atoms. The fraction of sp³-hybridized carbons (Fsp3) is 0.960. The van der Waals surface area contributed by atoms with E-state index >= 15 is 0 Å². The van der Waals surface area contributed by atoms with Crippen LogP contribution < -0.4 is 51.4 Å². The van der Waals surface area contributed by atoms with Crippen molar-refractivity contribution in [1.29, 1.82) is 0 Å². The molecule has 13 heteroatoms. The van der Waals surface area contributed by atoms with Gasteiger partial charge >= 0.3 is 51.4 Å². The third kappa shape index (κ3) is 27.0. The number of hydrogen-bond donors (Lipinski definition) is 0. The van der Waals surface area contributed by atoms with Crippen LogP contribution >= 0.6 is 6.76 Å². The molecule has 2 saturated heterocycles. The van der Waals surface area contributed by atoms with Gasteiger partial charge in [0, 0.05) is 0 Å². The molecule has 0 radical (unpaired) electrons. The SMILES string of the molecule is C1COCCOCCOCCO1.C1COCCOCCOCCO1.[BH3-]P(C)(C)=C([Si](C)(C)C)[Si](C)(C)C.[K+]. The summed E-state index contributed by atoms with van der Waals surface area (Å²) in [6, 6.07) is 0. The van der Waals surface area contributed by atoms with Crippen molar-refractivity contribution in [3.8, 4) is 0 Å². The standard InChI is InChI=1S/C9H27BPSi2.2C8H16O4.K/c1-11(2,10)9(12(3,4)5)13(6,7)8;2*1-2-10-5-6-12-8-7-11-4-3-9-1;/h1-8,10H3;2*1-8H2;/q-1;;;+1. The smallest absolute Gasteiger partial charge is 0.377 e. The van der Waals surface area contributed by atoms with E-state index in [0.29, 0.717) is 113 Å². The Bertz CT molecular complexity index is 467. The molecule has 2 heterocycles. The van der Waals surface area contributed by atoms with Crippen LogP contribution in [0.5, 0.6) is 0 Å². The minimum Gasteiger partial charge on any atom is -0.377 e. The van der Waals surface area contributed by atoms with Crippen LogP contribution in [0.4, 0.5) is 0 Å². The van der Waals surface area contributed by atoms with Crippen LogP contribution in [0.2, 0.25) is 39.3 Å². The monoisotopic (exact) mass is 624 g/mol. The molecular formula is C25H59BKO8PSi2. The third-order valence-corrected chi connectivity index (χ3v) is 19.8. The fourth-order valence-electron chi connectivity index (χ4n) is 4.23. The van der Waals surface area contributed by atoms with Gasteiger partial charge in [0.05, 0.1) is 122 Å². The zero-order chi connectivity index (χ0) is 28.0. The predicted octanol–water partition coefficient (Wildman–Crippen LogP) is -0.392. The van der Waals surface area contributed by atoms with E-state index in [1.54, 1.807) is 0 Å². The maximum Gasteiger partial charge on any atom is 1.00 e. The van der Waals surface area contributed by atoms with Gasteiger partial charge in [0.25, 0.3) is 0 Å². The van der Waals surface area contributed by atoms with E-state index in [2.05, 4.69) is 57.2 Å². The zero-order valence-corrected chi connectivity index (χ0v) is 31.5. The van der Waals surface area contributed by atoms with E-state index < -0.39 is 22.9 Å². The van der Waals surface area contributed by atoms with E-state index in [1.807, 2.05) is 0 Å². The summed E-state index contributed by atoms with van der Waals surface area (Å²) in [6.45, 7) is 30.4. The first kappa shape index (κ1) is 42.2. The largest absolute Gasteiger partial charge is 1.00 e. The molecule has 224 valence electrons. The summed E-state index contributed by atoms with van der Waals surface area (Å²) in [7, 11) is -1.38. The number of rotatable bonds is 2. The van der Waals surface area contributed by atoms with Gasteiger partial charge in [-0.15, -0.1) is 4.54 Å². The maximum absolute atomic E-state index is 5.22. The molecule has 2 aliphatic heterocycles. The Kier molecular flexibility index (Phi) is 28.5. The van der Waals surface area contributed by atoms with Crippen LogP contribution in [0.15, 0.2) is 0 Å². The van der Waals surface area contributed by atoms with Crippen LogP contribution in [0.1, 0.15) is 0 Å². The molecule has 0 saturated carbocycles. The molecule has 2 fully saturated rings. The second-order valence-electron chi connectivity index (χ2n) is 10.6. The van der Waals surface area contributed by atoms with Gasteiger partial charge in [0.1, 0.15) is 0 Å². The molecule has 0 aromatic rings. The van der Waals surface area contributed by atoms with E-state index in [-0.39, 0.29) is 51.4 Å². The molecule has 2 aliphatic rings. The summed E-state index contributed by atoms with van der Waals surface area (Å²) in [6.07, 6.45) is 0. The summed E-state index contributed by atoms with van der Waals surface area (Å²) in [4.78, 5) is 0. The van der Waals surface area contributed by atoms with E-state index in [1.165, 1.54) is 0 Å². The van der Waals surface area contributed by atoms with Gasteiger partial charge < -0.3 is 37.9 Å². The molecule has 0 aliphatic carbocycles. The first-order valence-corrected chi connectivity index (χ1v) is 22.5. The van der Waals surface area contributed by atoms with Crippen molar-refractivity contribution in [3.63, 3.8) is 0 Å². The van der Waals surface area contributed by atoms with Gasteiger partial charge in [-0.3, -0.25) is 6.76 Å². The molecule has 0 bridgehead atoms. The molecule has 0 N–H and O–H groups in total. The van der Waals surface area contributed by atoms with Crippen LogP contribution in [0, 0.1) is 0 Å². The van der Waals surface area contributed by atoms with E-state index in [4.69, 9.17) is 37.9 Å². The summed E-state index contributed by atoms with van der Waals surface area (Å²) < 4.78 is 43.9. The van der Waals surface area contributed by atoms with Crippen molar-refractivity contribution in [2.75, 3.05) is 119 Å². The van der Waals surface area contributed by atoms with Crippen molar-refractivity contribution < 1.29 is 89.3 Å². The number of hydrogen-bond acceptors (Lipinski definition) is 8. The van der Waals surface area contributed by atoms with Gasteiger partial charge in [-0.1, -0.05) is 52.6 Å². The molecule has 38 heavy (non-hydrogen) atoms. The first-order chi connectivity index (χ1) is 17.4. The van der Waals surface area contributed by atoms with Gasteiger partial charge in [-0.05, 0) is 7.57 Å². The third-order valence-electron chi connectivity index (χ3n) is 4.84. The molecule has 0 amide bonds. The molecule has 2 rings (SSSR count). The van der Waals surface area contributed by atoms with Gasteiger partial charge in [-0.2, -0.15) is 0 Å². The quantitative estimate of drug-likeness (QED) is 0.304. The molecule has 0 aromatic heterocycles. The molecule has 0 atom stereocenters. The van der Waals surface area contributed by atoms with Crippen molar-refractivity contribution in [2.24, 2.45) is 0 Å². The van der Waals surface area contributed by atoms with E-state index in [0.717, 1.165) is 0 Å². The van der Waals surface area contributed by atoms with Gasteiger partial charge in [0.2, 0.25) is 0 Å². The topological polar surface area (TPSA) is 73.8 Å². The zero-order valence-electron chi connectivity index (χ0n) is 25.5. The van der Waals surface area contributed by atoms with Crippen LogP contribution in [-0.4, -0.2) is 147 Å². The van der Waals surface area contributed by atoms with Crippen LogP contribution in [0.25, 0.3) is 0 Å². The van der Waals surface area contributed by atoms with Crippen molar-refractivity contribution in [1.82, 2.24) is 0 Å². The summed E-state index contributed by atoms with van der Waals surface area (Å²) in [5, 5.41) is 0. The maximum atomic E-state index is 5.22. The Morgan fingerprint density at radius 1 is 0.421 bits per heavy atom. The average molecular weight is 625 g/mol. The predicted molar refractivity (Wildman–Crippen MR) is 167 cm³/mol. The minimum atomic E-state index is -0.967. The van der Waals surface area contributed by atoms with Crippen molar-refractivity contribution in [2.45, 2.75) is 39.3 Å². The summed E-state index contributed by atoms with van der Waals surface area (Å²) in [5.74, 6) is 0. The van der Waals surface area contributed by atoms with Gasteiger partial charge in [-0.25, -0.2) is 0 Å². The van der Waals surface area contributed by atoms with Crippen LogP contribution in [0.3, 0.4) is 0 Å². The Morgan fingerprint density at radius 3 is 0.605 bits per heavy atom. The van der Waals surface area contributed by atoms with E-state index in [9.17, 15) is 0 Å². The van der Waals surface area contributed by atoms with Gasteiger partial charge in [0.15, 0.2) is 0 Å². The van der Waals surface area contributed by atoms with Crippen molar-refractivity contribution in [3.05, 3.63) is 0 Å². The Balaban J connectivity index is 0. The fourth-order valence-corrected chi connectivity index (χ4v) is 24.0. The van der Waals surface area contributed by atoms with Crippen molar-refractivity contribution >= 4 is 35.0 Å². The molecular weight excluding hydrogens is 565 g/mol. The summed E-state index contributed by atoms with van der Waals surface area (Å²) in [5.41, 5.74) is 0. The second kappa shape index (κ2) is 25.6. The minimum absolute atomic E-state index is 0. The normalized spacial score (nSPS) is 20.1.